The lowest BCUT2D eigenvalue weighted by molar-refractivity contribution is -0.142. The third-order valence-electron chi connectivity index (χ3n) is 7.56. The molecule has 2 heterocycles. The van der Waals surface area contributed by atoms with Crippen LogP contribution in [0.15, 0.2) is 65.0 Å². The van der Waals surface area contributed by atoms with E-state index in [1.54, 1.807) is 44.6 Å². The predicted octanol–water partition coefficient (Wildman–Crippen LogP) is 4.93. The van der Waals surface area contributed by atoms with Crippen molar-refractivity contribution in [2.45, 2.75) is 50.5 Å². The zero-order valence-electron chi connectivity index (χ0n) is 21.8. The number of ether oxygens (including phenoxy) is 4. The van der Waals surface area contributed by atoms with Gasteiger partial charge in [-0.15, -0.1) is 0 Å². The Hall–Kier alpha value is -3.65. The van der Waals surface area contributed by atoms with E-state index >= 15 is 0 Å². The van der Waals surface area contributed by atoms with E-state index in [1.165, 1.54) is 12.1 Å². The Labute approximate surface area is 221 Å². The van der Waals surface area contributed by atoms with Crippen molar-refractivity contribution in [3.8, 4) is 11.5 Å². The summed E-state index contributed by atoms with van der Waals surface area (Å²) in [5.41, 5.74) is 3.79. The number of hydrogen-bond donors (Lipinski definition) is 1. The summed E-state index contributed by atoms with van der Waals surface area (Å²) in [7, 11) is 3.12. The van der Waals surface area contributed by atoms with Crippen LogP contribution in [0.2, 0.25) is 0 Å². The molecule has 8 heteroatoms. The van der Waals surface area contributed by atoms with Gasteiger partial charge < -0.3 is 24.3 Å². The van der Waals surface area contributed by atoms with Crippen LogP contribution in [0.5, 0.6) is 11.5 Å². The molecule has 1 fully saturated rings. The molecule has 2 aromatic rings. The molecule has 0 saturated carbocycles. The van der Waals surface area contributed by atoms with E-state index in [-0.39, 0.29) is 36.7 Å². The van der Waals surface area contributed by atoms with Crippen molar-refractivity contribution in [3.63, 3.8) is 0 Å². The summed E-state index contributed by atoms with van der Waals surface area (Å²) >= 11 is 0. The van der Waals surface area contributed by atoms with Crippen LogP contribution in [0.3, 0.4) is 0 Å². The standard InChI is InChI=1S/C30H32FNO6/c1-17-27(30(34)38-16-22-5-4-12-37-22)28(23-15-21(35-2)10-11-26(23)36-3)29-24(32-17)13-19(14-25(29)33)18-6-8-20(31)9-7-18/h6-11,15,19,22,28,32H,4-5,12-14,16H2,1-3H3/t19-,22+,28+/m1/s1. The molecule has 38 heavy (non-hydrogen) atoms. The summed E-state index contributed by atoms with van der Waals surface area (Å²) in [5, 5.41) is 3.34. The second kappa shape index (κ2) is 11.0. The Kier molecular flexibility index (Phi) is 7.51. The molecule has 3 aliphatic rings. The van der Waals surface area contributed by atoms with Gasteiger partial charge in [0, 0.05) is 35.6 Å². The number of benzene rings is 2. The fraction of sp³-hybridized carbons (Fsp3) is 0.400. The lowest BCUT2D eigenvalue weighted by Gasteiger charge is -2.37. The topological polar surface area (TPSA) is 83.1 Å². The van der Waals surface area contributed by atoms with Crippen LogP contribution in [0.25, 0.3) is 0 Å². The highest BCUT2D eigenvalue weighted by Gasteiger charge is 2.42. The van der Waals surface area contributed by atoms with Crippen molar-refractivity contribution in [3.05, 3.63) is 81.9 Å². The fourth-order valence-electron chi connectivity index (χ4n) is 5.68. The molecule has 1 N–H and O–H groups in total. The summed E-state index contributed by atoms with van der Waals surface area (Å²) in [4.78, 5) is 27.4. The minimum absolute atomic E-state index is 0.0834. The third kappa shape index (κ3) is 5.05. The second-order valence-corrected chi connectivity index (χ2v) is 9.91. The normalized spacial score (nSPS) is 23.2. The SMILES string of the molecule is COc1ccc(OC)c([C@H]2C(C(=O)OC[C@@H]3CCCO3)=C(C)NC3=C2C(=O)C[C@H](c2ccc(F)cc2)C3)c1. The number of nitrogens with one attached hydrogen (secondary N) is 1. The van der Waals surface area contributed by atoms with E-state index in [1.807, 2.05) is 6.92 Å². The van der Waals surface area contributed by atoms with Gasteiger partial charge in [-0.25, -0.2) is 9.18 Å². The van der Waals surface area contributed by atoms with Gasteiger partial charge in [0.25, 0.3) is 0 Å². The predicted molar refractivity (Wildman–Crippen MR) is 138 cm³/mol. The van der Waals surface area contributed by atoms with Gasteiger partial charge in [-0.3, -0.25) is 4.79 Å². The molecular formula is C30H32FNO6. The molecule has 0 unspecified atom stereocenters. The van der Waals surface area contributed by atoms with Crippen molar-refractivity contribution in [2.75, 3.05) is 27.4 Å². The van der Waals surface area contributed by atoms with Gasteiger partial charge in [-0.05, 0) is 68.0 Å². The summed E-state index contributed by atoms with van der Waals surface area (Å²) in [6.45, 7) is 2.64. The van der Waals surface area contributed by atoms with Crippen molar-refractivity contribution in [1.82, 2.24) is 5.32 Å². The van der Waals surface area contributed by atoms with Crippen LogP contribution in [0.1, 0.15) is 55.6 Å². The van der Waals surface area contributed by atoms with Crippen LogP contribution in [0.4, 0.5) is 4.39 Å². The Morgan fingerprint density at radius 1 is 1.11 bits per heavy atom. The highest BCUT2D eigenvalue weighted by Crippen LogP contribution is 2.48. The number of rotatable bonds is 7. The Morgan fingerprint density at radius 2 is 1.89 bits per heavy atom. The van der Waals surface area contributed by atoms with E-state index < -0.39 is 11.9 Å². The molecule has 3 atom stereocenters. The molecule has 1 saturated heterocycles. The monoisotopic (exact) mass is 521 g/mol. The maximum atomic E-state index is 13.8. The van der Waals surface area contributed by atoms with Crippen LogP contribution in [-0.2, 0) is 19.1 Å². The summed E-state index contributed by atoms with van der Waals surface area (Å²) in [5.74, 6) is -0.589. The average molecular weight is 522 g/mol. The first-order valence-electron chi connectivity index (χ1n) is 12.9. The minimum atomic E-state index is -0.699. The quantitative estimate of drug-likeness (QED) is 0.518. The van der Waals surface area contributed by atoms with Crippen molar-refractivity contribution in [2.24, 2.45) is 0 Å². The number of ketones is 1. The third-order valence-corrected chi connectivity index (χ3v) is 7.56. The van der Waals surface area contributed by atoms with E-state index in [9.17, 15) is 14.0 Å². The van der Waals surface area contributed by atoms with Crippen LogP contribution in [0, 0.1) is 5.82 Å². The molecule has 0 spiro atoms. The summed E-state index contributed by atoms with van der Waals surface area (Å²) in [6.07, 6.45) is 2.45. The van der Waals surface area contributed by atoms with Crippen LogP contribution in [-0.4, -0.2) is 45.3 Å². The number of methoxy groups -OCH3 is 2. The summed E-state index contributed by atoms with van der Waals surface area (Å²) in [6, 6.07) is 11.6. The van der Waals surface area contributed by atoms with Crippen molar-refractivity contribution >= 4 is 11.8 Å². The van der Waals surface area contributed by atoms with Crippen molar-refractivity contribution < 1.29 is 32.9 Å². The first-order chi connectivity index (χ1) is 18.4. The molecule has 1 aliphatic carbocycles. The molecule has 200 valence electrons. The molecule has 0 bridgehead atoms. The van der Waals surface area contributed by atoms with E-state index in [4.69, 9.17) is 18.9 Å². The maximum Gasteiger partial charge on any atom is 0.336 e. The first-order valence-corrected chi connectivity index (χ1v) is 12.9. The number of Topliss-reactive ketones (excluding diaryl/α,β-unsaturated/α-hetero) is 1. The maximum absolute atomic E-state index is 13.8. The molecule has 7 nitrogen and oxygen atoms in total. The Morgan fingerprint density at radius 3 is 2.58 bits per heavy atom. The molecule has 2 aliphatic heterocycles. The van der Waals surface area contributed by atoms with Gasteiger partial charge in [0.05, 0.1) is 31.8 Å². The zero-order chi connectivity index (χ0) is 26.8. The van der Waals surface area contributed by atoms with Crippen molar-refractivity contribution in [1.29, 1.82) is 0 Å². The molecular weight excluding hydrogens is 489 g/mol. The number of halogens is 1. The lowest BCUT2D eigenvalue weighted by Crippen LogP contribution is -2.36. The van der Waals surface area contributed by atoms with Gasteiger partial charge in [-0.2, -0.15) is 0 Å². The first kappa shape index (κ1) is 26.0. The highest BCUT2D eigenvalue weighted by molar-refractivity contribution is 6.04. The fourth-order valence-corrected chi connectivity index (χ4v) is 5.68. The minimum Gasteiger partial charge on any atom is -0.497 e. The zero-order valence-corrected chi connectivity index (χ0v) is 21.8. The summed E-state index contributed by atoms with van der Waals surface area (Å²) < 4.78 is 36.1. The van der Waals surface area contributed by atoms with E-state index in [2.05, 4.69) is 5.32 Å². The lowest BCUT2D eigenvalue weighted by atomic mass is 9.71. The Bertz CT molecular complexity index is 1290. The van der Waals surface area contributed by atoms with Crippen LogP contribution < -0.4 is 14.8 Å². The van der Waals surface area contributed by atoms with Gasteiger partial charge in [-0.1, -0.05) is 12.1 Å². The molecule has 0 radical (unpaired) electrons. The second-order valence-electron chi connectivity index (χ2n) is 9.91. The molecule has 5 rings (SSSR count). The number of dihydropyridines is 1. The average Bonchev–Trinajstić information content (AvgIpc) is 3.44. The van der Waals surface area contributed by atoms with Gasteiger partial charge in [0.15, 0.2) is 5.78 Å². The number of carbonyl (C=O) groups is 2. The highest BCUT2D eigenvalue weighted by atomic mass is 19.1. The number of esters is 1. The van der Waals surface area contributed by atoms with E-state index in [0.29, 0.717) is 46.9 Å². The smallest absolute Gasteiger partial charge is 0.336 e. The van der Waals surface area contributed by atoms with Gasteiger partial charge in [0.2, 0.25) is 0 Å². The molecule has 0 amide bonds. The number of hydrogen-bond acceptors (Lipinski definition) is 7. The van der Waals surface area contributed by atoms with E-state index in [0.717, 1.165) is 24.1 Å². The number of allylic oxidation sites excluding steroid dienone is 3. The molecule has 2 aromatic carbocycles. The Balaban J connectivity index is 1.56. The van der Waals surface area contributed by atoms with Gasteiger partial charge >= 0.3 is 5.97 Å². The van der Waals surface area contributed by atoms with Gasteiger partial charge in [0.1, 0.15) is 23.9 Å². The number of carbonyl (C=O) groups excluding carboxylic acids is 2. The largest absolute Gasteiger partial charge is 0.497 e. The van der Waals surface area contributed by atoms with Crippen LogP contribution >= 0.6 is 0 Å². The molecule has 0 aromatic heterocycles.